The minimum Gasteiger partial charge on any atom is -0.348 e. The minimum atomic E-state index is -0.173. The van der Waals surface area contributed by atoms with Crippen LogP contribution in [-0.2, 0) is 0 Å². The van der Waals surface area contributed by atoms with E-state index in [4.69, 9.17) is 24.4 Å². The number of para-hydroxylation sites is 1. The van der Waals surface area contributed by atoms with Crippen LogP contribution in [0.4, 0.5) is 5.69 Å². The molecule has 1 aromatic rings. The Balaban J connectivity index is 2.00. The van der Waals surface area contributed by atoms with Crippen LogP contribution in [0.15, 0.2) is 30.3 Å². The van der Waals surface area contributed by atoms with Crippen LogP contribution in [0.5, 0.6) is 0 Å². The normalized spacial score (nSPS) is 16.3. The van der Waals surface area contributed by atoms with E-state index in [9.17, 15) is 0 Å². The van der Waals surface area contributed by atoms with Crippen molar-refractivity contribution in [3.8, 4) is 0 Å². The lowest BCUT2D eigenvalue weighted by Crippen LogP contribution is -2.64. The van der Waals surface area contributed by atoms with E-state index in [1.165, 1.54) is 0 Å². The van der Waals surface area contributed by atoms with Gasteiger partial charge in [-0.3, -0.25) is 0 Å². The van der Waals surface area contributed by atoms with Crippen LogP contribution in [0.1, 0.15) is 0 Å². The minimum absolute atomic E-state index is 0.173. The summed E-state index contributed by atoms with van der Waals surface area (Å²) < 4.78 is 0. The van der Waals surface area contributed by atoms with E-state index in [1.54, 1.807) is 0 Å². The van der Waals surface area contributed by atoms with Gasteiger partial charge in [0.15, 0.2) is 16.5 Å². The number of hydrogen-bond acceptors (Lipinski definition) is 3. The third kappa shape index (κ3) is 2.77. The molecule has 0 spiro atoms. The van der Waals surface area contributed by atoms with Gasteiger partial charge >= 0.3 is 0 Å². The van der Waals surface area contributed by atoms with Crippen LogP contribution in [0, 0.1) is 0 Å². The first-order chi connectivity index (χ1) is 7.24. The van der Waals surface area contributed by atoms with E-state index < -0.39 is 0 Å². The SMILES string of the molecule is S=C1NC(=S)NC(Nc2ccccc2)N1. The number of rotatable bonds is 2. The summed E-state index contributed by atoms with van der Waals surface area (Å²) in [5.41, 5.74) is 0.995. The lowest BCUT2D eigenvalue weighted by Gasteiger charge is -2.29. The fourth-order valence-electron chi connectivity index (χ4n) is 1.25. The van der Waals surface area contributed by atoms with Gasteiger partial charge in [-0.15, -0.1) is 0 Å². The lowest BCUT2D eigenvalue weighted by molar-refractivity contribution is 0.616. The summed E-state index contributed by atoms with van der Waals surface area (Å²) in [6.07, 6.45) is -0.173. The topological polar surface area (TPSA) is 48.1 Å². The van der Waals surface area contributed by atoms with Crippen LogP contribution in [0.25, 0.3) is 0 Å². The molecular weight excluding hydrogens is 228 g/mol. The first-order valence-corrected chi connectivity index (χ1v) is 5.25. The van der Waals surface area contributed by atoms with Crippen LogP contribution >= 0.6 is 24.4 Å². The monoisotopic (exact) mass is 238 g/mol. The molecule has 1 aliphatic rings. The van der Waals surface area contributed by atoms with Gasteiger partial charge in [-0.25, -0.2) is 0 Å². The largest absolute Gasteiger partial charge is 0.348 e. The summed E-state index contributed by atoms with van der Waals surface area (Å²) in [5.74, 6) is 0. The van der Waals surface area contributed by atoms with Crippen molar-refractivity contribution in [1.29, 1.82) is 0 Å². The third-order valence-corrected chi connectivity index (χ3v) is 2.30. The van der Waals surface area contributed by atoms with Crippen molar-refractivity contribution in [1.82, 2.24) is 16.0 Å². The van der Waals surface area contributed by atoms with Crippen molar-refractivity contribution >= 4 is 40.3 Å². The van der Waals surface area contributed by atoms with E-state index in [2.05, 4.69) is 21.3 Å². The quantitative estimate of drug-likeness (QED) is 0.570. The van der Waals surface area contributed by atoms with Crippen molar-refractivity contribution in [3.05, 3.63) is 30.3 Å². The smallest absolute Gasteiger partial charge is 0.177 e. The molecule has 0 radical (unpaired) electrons. The zero-order valence-electron chi connectivity index (χ0n) is 7.78. The van der Waals surface area contributed by atoms with E-state index in [-0.39, 0.29) is 6.29 Å². The van der Waals surface area contributed by atoms with Crippen molar-refractivity contribution in [3.63, 3.8) is 0 Å². The van der Waals surface area contributed by atoms with Crippen molar-refractivity contribution in [2.45, 2.75) is 6.29 Å². The van der Waals surface area contributed by atoms with E-state index in [0.717, 1.165) is 5.69 Å². The van der Waals surface area contributed by atoms with Gasteiger partial charge in [0.2, 0.25) is 0 Å². The maximum absolute atomic E-state index is 4.99. The fourth-order valence-corrected chi connectivity index (χ4v) is 1.75. The molecule has 1 saturated heterocycles. The van der Waals surface area contributed by atoms with Crippen molar-refractivity contribution in [2.75, 3.05) is 5.32 Å². The molecule has 0 unspecified atom stereocenters. The predicted octanol–water partition coefficient (Wildman–Crippen LogP) is 0.734. The summed E-state index contributed by atoms with van der Waals surface area (Å²) in [6, 6.07) is 9.82. The second-order valence-corrected chi connectivity index (χ2v) is 3.83. The second kappa shape index (κ2) is 4.41. The maximum atomic E-state index is 4.99. The highest BCUT2D eigenvalue weighted by Crippen LogP contribution is 2.05. The number of hydrogen-bond donors (Lipinski definition) is 4. The fraction of sp³-hybridized carbons (Fsp3) is 0.111. The average molecular weight is 238 g/mol. The van der Waals surface area contributed by atoms with Gasteiger partial charge in [0.05, 0.1) is 0 Å². The Hall–Kier alpha value is -1.40. The van der Waals surface area contributed by atoms with Gasteiger partial charge in [0.1, 0.15) is 0 Å². The third-order valence-electron chi connectivity index (χ3n) is 1.86. The molecule has 2 rings (SSSR count). The Bertz CT molecular complexity index is 363. The summed E-state index contributed by atoms with van der Waals surface area (Å²) in [4.78, 5) is 0. The standard InChI is InChI=1S/C9H10N4S2/c14-8-11-7(12-9(15)13-8)10-6-4-2-1-3-5-6/h1-5,7,10H,(H3,11,12,13,14,15). The summed E-state index contributed by atoms with van der Waals surface area (Å²) >= 11 is 9.97. The molecule has 1 aromatic carbocycles. The Labute approximate surface area is 98.4 Å². The van der Waals surface area contributed by atoms with Crippen molar-refractivity contribution in [2.24, 2.45) is 0 Å². The highest BCUT2D eigenvalue weighted by Gasteiger charge is 2.16. The van der Waals surface area contributed by atoms with Gasteiger partial charge in [0.25, 0.3) is 0 Å². The highest BCUT2D eigenvalue weighted by molar-refractivity contribution is 7.81. The zero-order valence-corrected chi connectivity index (χ0v) is 9.41. The Morgan fingerprint density at radius 3 is 2.20 bits per heavy atom. The zero-order chi connectivity index (χ0) is 10.7. The molecule has 0 bridgehead atoms. The Kier molecular flexibility index (Phi) is 2.98. The summed E-state index contributed by atoms with van der Waals surface area (Å²) in [6.45, 7) is 0. The summed E-state index contributed by atoms with van der Waals surface area (Å²) in [7, 11) is 0. The number of anilines is 1. The maximum Gasteiger partial charge on any atom is 0.177 e. The molecular formula is C9H10N4S2. The van der Waals surface area contributed by atoms with E-state index >= 15 is 0 Å². The molecule has 6 heteroatoms. The average Bonchev–Trinajstić information content (AvgIpc) is 2.17. The van der Waals surface area contributed by atoms with Gasteiger partial charge in [-0.05, 0) is 36.6 Å². The first-order valence-electron chi connectivity index (χ1n) is 4.43. The van der Waals surface area contributed by atoms with Gasteiger partial charge in [-0.2, -0.15) is 0 Å². The van der Waals surface area contributed by atoms with Gasteiger partial charge in [-0.1, -0.05) is 18.2 Å². The number of thiocarbonyl (C=S) groups is 2. The van der Waals surface area contributed by atoms with E-state index in [0.29, 0.717) is 10.2 Å². The first kappa shape index (κ1) is 10.1. The molecule has 4 N–H and O–H groups in total. The predicted molar refractivity (Wildman–Crippen MR) is 68.5 cm³/mol. The number of benzene rings is 1. The molecule has 4 nitrogen and oxygen atoms in total. The molecule has 0 atom stereocenters. The molecule has 0 amide bonds. The second-order valence-electron chi connectivity index (χ2n) is 3.02. The molecule has 78 valence electrons. The molecule has 1 heterocycles. The molecule has 0 aliphatic carbocycles. The van der Waals surface area contributed by atoms with Crippen molar-refractivity contribution < 1.29 is 0 Å². The molecule has 15 heavy (non-hydrogen) atoms. The molecule has 1 aliphatic heterocycles. The van der Waals surface area contributed by atoms with Gasteiger partial charge < -0.3 is 21.3 Å². The molecule has 0 saturated carbocycles. The molecule has 0 aromatic heterocycles. The highest BCUT2D eigenvalue weighted by atomic mass is 32.1. The van der Waals surface area contributed by atoms with Crippen LogP contribution < -0.4 is 21.3 Å². The van der Waals surface area contributed by atoms with Crippen LogP contribution in [-0.4, -0.2) is 16.5 Å². The Morgan fingerprint density at radius 2 is 1.60 bits per heavy atom. The van der Waals surface area contributed by atoms with Crippen LogP contribution in [0.3, 0.4) is 0 Å². The van der Waals surface area contributed by atoms with Crippen LogP contribution in [0.2, 0.25) is 0 Å². The lowest BCUT2D eigenvalue weighted by atomic mass is 10.3. The van der Waals surface area contributed by atoms with E-state index in [1.807, 2.05) is 30.3 Å². The molecule has 1 fully saturated rings. The number of nitrogens with one attached hydrogen (secondary N) is 4. The summed E-state index contributed by atoms with van der Waals surface area (Å²) in [5, 5.41) is 13.1. The Morgan fingerprint density at radius 1 is 1.00 bits per heavy atom. The van der Waals surface area contributed by atoms with Gasteiger partial charge in [0, 0.05) is 5.69 Å².